The fourth-order valence-electron chi connectivity index (χ4n) is 4.50. The summed E-state index contributed by atoms with van der Waals surface area (Å²) in [4.78, 5) is 12.6. The average molecular weight is 449 g/mol. The summed E-state index contributed by atoms with van der Waals surface area (Å²) in [6.07, 6.45) is 7.59. The summed E-state index contributed by atoms with van der Waals surface area (Å²) in [5.74, 6) is 2.42. The van der Waals surface area contributed by atoms with Crippen LogP contribution in [0.2, 0.25) is 0 Å². The molecule has 1 heterocycles. The Balaban J connectivity index is 1.42. The van der Waals surface area contributed by atoms with Crippen molar-refractivity contribution in [2.24, 2.45) is 0 Å². The van der Waals surface area contributed by atoms with Gasteiger partial charge in [0.15, 0.2) is 29.6 Å². The van der Waals surface area contributed by atoms with Crippen molar-refractivity contribution in [1.82, 2.24) is 5.32 Å². The molecule has 0 unspecified atom stereocenters. The first kappa shape index (κ1) is 22.5. The molecule has 0 aromatic heterocycles. The Labute approximate surface area is 193 Å². The minimum Gasteiger partial charge on any atom is -0.493 e. The number of nitrogens with one attached hydrogen (secondary N) is 1. The highest BCUT2D eigenvalue weighted by atomic mass is 16.6. The molecule has 4 rings (SSSR count). The summed E-state index contributed by atoms with van der Waals surface area (Å²) in [7, 11) is 1.54. The van der Waals surface area contributed by atoms with E-state index in [9.17, 15) is 4.79 Å². The van der Waals surface area contributed by atoms with Gasteiger partial charge < -0.3 is 24.3 Å². The van der Waals surface area contributed by atoms with Crippen molar-refractivity contribution in [3.63, 3.8) is 0 Å². The molecule has 0 bridgehead atoms. The van der Waals surface area contributed by atoms with Gasteiger partial charge >= 0.3 is 0 Å². The number of hydrogen-bond acceptors (Lipinski definition) is 6. The molecule has 1 fully saturated rings. The third-order valence-corrected chi connectivity index (χ3v) is 6.22. The maximum atomic E-state index is 12.6. The highest BCUT2D eigenvalue weighted by Crippen LogP contribution is 2.43. The average Bonchev–Trinajstić information content (AvgIpc) is 3.35. The van der Waals surface area contributed by atoms with Crippen molar-refractivity contribution in [3.8, 4) is 29.1 Å². The van der Waals surface area contributed by atoms with Gasteiger partial charge in [-0.1, -0.05) is 25.0 Å². The first-order valence-corrected chi connectivity index (χ1v) is 11.2. The van der Waals surface area contributed by atoms with E-state index in [4.69, 9.17) is 24.2 Å². The lowest BCUT2D eigenvalue weighted by atomic mass is 9.78. The summed E-state index contributed by atoms with van der Waals surface area (Å²) in [6.45, 7) is 1.64. The summed E-state index contributed by atoms with van der Waals surface area (Å²) in [5.41, 5.74) is 1.89. The van der Waals surface area contributed by atoms with Crippen molar-refractivity contribution in [1.29, 1.82) is 5.26 Å². The first-order chi connectivity index (χ1) is 16.1. The fourth-order valence-corrected chi connectivity index (χ4v) is 4.50. The topological polar surface area (TPSA) is 89.8 Å². The zero-order valence-electron chi connectivity index (χ0n) is 18.8. The lowest BCUT2D eigenvalue weighted by Gasteiger charge is -2.31. The number of rotatable bonds is 8. The quantitative estimate of drug-likeness (QED) is 0.614. The van der Waals surface area contributed by atoms with Gasteiger partial charge in [0, 0.05) is 18.0 Å². The van der Waals surface area contributed by atoms with Crippen molar-refractivity contribution in [2.75, 3.05) is 33.5 Å². The smallest absolute Gasteiger partial charge is 0.244 e. The Morgan fingerprint density at radius 2 is 1.91 bits per heavy atom. The molecule has 0 spiro atoms. The number of fused-ring (bicyclic) bond motifs is 1. The van der Waals surface area contributed by atoms with Crippen molar-refractivity contribution in [2.45, 2.75) is 31.1 Å². The number of methoxy groups -OCH3 is 1. The van der Waals surface area contributed by atoms with Crippen LogP contribution in [0, 0.1) is 11.3 Å². The molecule has 0 radical (unpaired) electrons. The lowest BCUT2D eigenvalue weighted by Crippen LogP contribution is -2.38. The van der Waals surface area contributed by atoms with Gasteiger partial charge in [-0.15, -0.1) is 0 Å². The van der Waals surface area contributed by atoms with Gasteiger partial charge in [-0.3, -0.25) is 4.79 Å². The Hall–Kier alpha value is -3.66. The van der Waals surface area contributed by atoms with Crippen LogP contribution in [0.4, 0.5) is 0 Å². The Bertz CT molecular complexity index is 1070. The molecular weight excluding hydrogens is 420 g/mol. The van der Waals surface area contributed by atoms with Crippen molar-refractivity contribution in [3.05, 3.63) is 53.6 Å². The molecule has 7 nitrogen and oxygen atoms in total. The zero-order valence-corrected chi connectivity index (χ0v) is 18.8. The minimum atomic E-state index is -0.150. The normalized spacial score (nSPS) is 16.2. The van der Waals surface area contributed by atoms with E-state index in [2.05, 4.69) is 17.4 Å². The molecule has 172 valence electrons. The number of nitrogens with zero attached hydrogens (tertiary/aromatic N) is 1. The second-order valence-corrected chi connectivity index (χ2v) is 8.25. The number of hydrogen-bond donors (Lipinski definition) is 1. The van der Waals surface area contributed by atoms with E-state index in [1.807, 2.05) is 18.2 Å². The maximum absolute atomic E-state index is 12.6. The predicted octanol–water partition coefficient (Wildman–Crippen LogP) is 4.01. The van der Waals surface area contributed by atoms with E-state index in [-0.39, 0.29) is 17.9 Å². The molecule has 1 amide bonds. The minimum absolute atomic E-state index is 0.0565. The lowest BCUT2D eigenvalue weighted by molar-refractivity contribution is -0.116. The Morgan fingerprint density at radius 3 is 2.67 bits per heavy atom. The van der Waals surface area contributed by atoms with Gasteiger partial charge in [0.1, 0.15) is 19.3 Å². The van der Waals surface area contributed by atoms with E-state index >= 15 is 0 Å². The Morgan fingerprint density at radius 1 is 1.12 bits per heavy atom. The summed E-state index contributed by atoms with van der Waals surface area (Å²) in [6, 6.07) is 13.4. The third-order valence-electron chi connectivity index (χ3n) is 6.22. The summed E-state index contributed by atoms with van der Waals surface area (Å²) >= 11 is 0. The van der Waals surface area contributed by atoms with Crippen molar-refractivity contribution < 1.29 is 23.7 Å². The van der Waals surface area contributed by atoms with Crippen LogP contribution in [0.15, 0.2) is 42.5 Å². The predicted molar refractivity (Wildman–Crippen MR) is 124 cm³/mol. The molecule has 0 atom stereocenters. The van der Waals surface area contributed by atoms with E-state index in [0.29, 0.717) is 31.3 Å². The largest absolute Gasteiger partial charge is 0.493 e. The Kier molecular flexibility index (Phi) is 7.04. The monoisotopic (exact) mass is 448 g/mol. The van der Waals surface area contributed by atoms with Crippen LogP contribution in [0.1, 0.15) is 36.8 Å². The highest BCUT2D eigenvalue weighted by Gasteiger charge is 2.36. The van der Waals surface area contributed by atoms with Gasteiger partial charge in [0.05, 0.1) is 7.11 Å². The van der Waals surface area contributed by atoms with Crippen LogP contribution in [-0.4, -0.2) is 39.4 Å². The van der Waals surface area contributed by atoms with Crippen LogP contribution < -0.4 is 24.3 Å². The highest BCUT2D eigenvalue weighted by molar-refractivity contribution is 5.91. The standard InChI is InChI=1S/C26H28N2O5/c1-30-23-16-19(4-7-21(23)31-13-12-27)5-9-25(29)28-18-26(10-2-3-11-26)20-6-8-22-24(17-20)33-15-14-32-22/h4-9,16-17H,2-3,10-11,13-15,18H2,1H3,(H,28,29)/b9-5+. The van der Waals surface area contributed by atoms with Gasteiger partial charge in [0.2, 0.25) is 5.91 Å². The number of nitriles is 1. The van der Waals surface area contributed by atoms with Gasteiger partial charge in [-0.25, -0.2) is 0 Å². The molecule has 2 aromatic rings. The SMILES string of the molecule is COc1cc(/C=C/C(=O)NCC2(c3ccc4c(c3)OCCO4)CCCC2)ccc1OCC#N. The van der Waals surface area contributed by atoms with Crippen molar-refractivity contribution >= 4 is 12.0 Å². The van der Waals surface area contributed by atoms with E-state index in [1.165, 1.54) is 18.7 Å². The second-order valence-electron chi connectivity index (χ2n) is 8.25. The van der Waals surface area contributed by atoms with Gasteiger partial charge in [-0.2, -0.15) is 5.26 Å². The number of carbonyl (C=O) groups is 1. The van der Waals surface area contributed by atoms with E-state index < -0.39 is 0 Å². The summed E-state index contributed by atoms with van der Waals surface area (Å²) < 4.78 is 22.1. The van der Waals surface area contributed by atoms with E-state index in [1.54, 1.807) is 18.2 Å². The second kappa shape index (κ2) is 10.3. The number of ether oxygens (including phenoxy) is 4. The van der Waals surface area contributed by atoms with Crippen LogP contribution in [0.25, 0.3) is 6.08 Å². The molecule has 33 heavy (non-hydrogen) atoms. The molecule has 0 saturated heterocycles. The molecule has 2 aromatic carbocycles. The van der Waals surface area contributed by atoms with Gasteiger partial charge in [0.25, 0.3) is 0 Å². The summed E-state index contributed by atoms with van der Waals surface area (Å²) in [5, 5.41) is 11.8. The number of amides is 1. The van der Waals surface area contributed by atoms with Crippen LogP contribution in [0.5, 0.6) is 23.0 Å². The van der Waals surface area contributed by atoms with Crippen LogP contribution in [0.3, 0.4) is 0 Å². The van der Waals surface area contributed by atoms with Gasteiger partial charge in [-0.05, 0) is 54.3 Å². The molecular formula is C26H28N2O5. The molecule has 1 saturated carbocycles. The number of benzene rings is 2. The maximum Gasteiger partial charge on any atom is 0.244 e. The van der Waals surface area contributed by atoms with Crippen LogP contribution >= 0.6 is 0 Å². The molecule has 1 aliphatic carbocycles. The third kappa shape index (κ3) is 5.23. The molecule has 7 heteroatoms. The fraction of sp³-hybridized carbons (Fsp3) is 0.385. The number of carbonyl (C=O) groups excluding carboxylic acids is 1. The molecule has 2 aliphatic rings. The molecule has 1 N–H and O–H groups in total. The van der Waals surface area contributed by atoms with E-state index in [0.717, 1.165) is 42.7 Å². The van der Waals surface area contributed by atoms with Crippen LogP contribution in [-0.2, 0) is 10.2 Å². The zero-order chi connectivity index (χ0) is 23.1. The first-order valence-electron chi connectivity index (χ1n) is 11.2. The molecule has 1 aliphatic heterocycles.